The van der Waals surface area contributed by atoms with E-state index in [-0.39, 0.29) is 19.3 Å². The Morgan fingerprint density at radius 3 is 1.68 bits per heavy atom. The topological polar surface area (TPSA) is 92.3 Å². The van der Waals surface area contributed by atoms with Crippen molar-refractivity contribution in [3.05, 3.63) is 108 Å². The Bertz CT molecular complexity index is 1490. The summed E-state index contributed by atoms with van der Waals surface area (Å²) in [7, 11) is 0. The molecule has 0 aromatic heterocycles. The molecule has 4 aliphatic heterocycles. The summed E-state index contributed by atoms with van der Waals surface area (Å²) < 4.78 is 64.2. The quantitative estimate of drug-likeness (QED) is 0.186. The Hall–Kier alpha value is -2.26. The van der Waals surface area contributed by atoms with Gasteiger partial charge in [-0.3, -0.25) is 0 Å². The zero-order valence-electron chi connectivity index (χ0n) is 28.9. The van der Waals surface area contributed by atoms with Crippen molar-refractivity contribution in [1.29, 1.82) is 0 Å². The van der Waals surface area contributed by atoms with Crippen molar-refractivity contribution in [2.24, 2.45) is 0 Å². The van der Waals surface area contributed by atoms with Crippen molar-refractivity contribution in [1.82, 2.24) is 0 Å². The van der Waals surface area contributed by atoms with Gasteiger partial charge in [-0.15, -0.1) is 0 Å². The monoisotopic (exact) mass is 754 g/mol. The van der Waals surface area contributed by atoms with Crippen LogP contribution in [-0.2, 0) is 67.2 Å². The largest absolute Gasteiger partial charge is 0.374 e. The van der Waals surface area contributed by atoms with Gasteiger partial charge in [-0.2, -0.15) is 0 Å². The standard InChI is InChI=1S/C39H47BrO10/c1-38(2)47-32-29(46-37-35(34(32)48-38)49-39(3,4)50-37)24-44-36-30(40)33(43-22-27-18-12-7-13-19-27)31(42-21-26-16-10-6-11-17-26)28(45-36)23-41-20-25-14-8-5-9-15-25/h5-19,28-37H,20-24H2,1-4H3/t28-,29-,30+,31+,32+,33-,34+,35-,36+,37-/m1/s1. The second-order valence-corrected chi connectivity index (χ2v) is 15.1. The number of benzene rings is 3. The van der Waals surface area contributed by atoms with Crippen LogP contribution in [-0.4, -0.2) is 84.9 Å². The van der Waals surface area contributed by atoms with Crippen LogP contribution < -0.4 is 0 Å². The first-order valence-electron chi connectivity index (χ1n) is 17.3. The van der Waals surface area contributed by atoms with Gasteiger partial charge >= 0.3 is 0 Å². The number of hydrogen-bond donors (Lipinski definition) is 0. The van der Waals surface area contributed by atoms with Gasteiger partial charge in [0.05, 0.1) is 37.9 Å². The molecule has 4 aliphatic rings. The van der Waals surface area contributed by atoms with Gasteiger partial charge in [0.1, 0.15) is 42.7 Å². The number of hydrogen-bond acceptors (Lipinski definition) is 10. The molecule has 0 saturated carbocycles. The molecule has 3 aromatic carbocycles. The van der Waals surface area contributed by atoms with Crippen LogP contribution in [0, 0.1) is 0 Å². The third-order valence-electron chi connectivity index (χ3n) is 9.21. The Morgan fingerprint density at radius 2 is 1.06 bits per heavy atom. The number of fused-ring (bicyclic) bond motifs is 3. The van der Waals surface area contributed by atoms with Crippen LogP contribution in [0.1, 0.15) is 44.4 Å². The Balaban J connectivity index is 1.10. The predicted octanol–water partition coefficient (Wildman–Crippen LogP) is 6.28. The van der Waals surface area contributed by atoms with Crippen LogP contribution >= 0.6 is 15.9 Å². The van der Waals surface area contributed by atoms with Gasteiger partial charge in [0.15, 0.2) is 24.2 Å². The van der Waals surface area contributed by atoms with E-state index in [2.05, 4.69) is 15.9 Å². The van der Waals surface area contributed by atoms with Crippen molar-refractivity contribution in [3.8, 4) is 0 Å². The minimum atomic E-state index is -0.817. The number of alkyl halides is 1. The molecule has 0 radical (unpaired) electrons. The highest BCUT2D eigenvalue weighted by atomic mass is 79.9. The van der Waals surface area contributed by atoms with Crippen LogP contribution in [0.25, 0.3) is 0 Å². The van der Waals surface area contributed by atoms with E-state index in [9.17, 15) is 0 Å². The van der Waals surface area contributed by atoms with E-state index in [1.54, 1.807) is 0 Å². The highest BCUT2D eigenvalue weighted by Crippen LogP contribution is 2.44. The second kappa shape index (κ2) is 15.8. The van der Waals surface area contributed by atoms with E-state index in [1.807, 2.05) is 119 Å². The molecular formula is C39H47BrO10. The Labute approximate surface area is 302 Å². The summed E-state index contributed by atoms with van der Waals surface area (Å²) in [5, 5.41) is 0. The normalized spacial score (nSPS) is 34.3. The van der Waals surface area contributed by atoms with Crippen molar-refractivity contribution in [2.75, 3.05) is 13.2 Å². The molecule has 3 aromatic rings. The lowest BCUT2D eigenvalue weighted by Crippen LogP contribution is -2.60. The van der Waals surface area contributed by atoms with Gasteiger partial charge in [-0.25, -0.2) is 0 Å². The summed E-state index contributed by atoms with van der Waals surface area (Å²) in [6, 6.07) is 30.2. The first-order valence-corrected chi connectivity index (χ1v) is 18.3. The highest BCUT2D eigenvalue weighted by molar-refractivity contribution is 9.09. The summed E-state index contributed by atoms with van der Waals surface area (Å²) in [6.07, 6.45) is -4.55. The Morgan fingerprint density at radius 1 is 0.540 bits per heavy atom. The maximum atomic E-state index is 6.70. The smallest absolute Gasteiger partial charge is 0.190 e. The van der Waals surface area contributed by atoms with Crippen LogP contribution in [0.15, 0.2) is 91.0 Å². The zero-order valence-corrected chi connectivity index (χ0v) is 30.5. The van der Waals surface area contributed by atoms with Gasteiger partial charge in [0.2, 0.25) is 0 Å². The van der Waals surface area contributed by atoms with E-state index < -0.39 is 65.6 Å². The fourth-order valence-corrected chi connectivity index (χ4v) is 7.68. The summed E-state index contributed by atoms with van der Waals surface area (Å²) >= 11 is 3.92. The van der Waals surface area contributed by atoms with E-state index in [0.29, 0.717) is 19.8 Å². The maximum absolute atomic E-state index is 6.70. The van der Waals surface area contributed by atoms with Gasteiger partial charge in [0.25, 0.3) is 0 Å². The third-order valence-corrected chi connectivity index (χ3v) is 10.2. The van der Waals surface area contributed by atoms with E-state index in [0.717, 1.165) is 16.7 Å². The van der Waals surface area contributed by atoms with Crippen LogP contribution in [0.5, 0.6) is 0 Å². The van der Waals surface area contributed by atoms with Crippen LogP contribution in [0.3, 0.4) is 0 Å². The predicted molar refractivity (Wildman–Crippen MR) is 186 cm³/mol. The van der Waals surface area contributed by atoms with E-state index >= 15 is 0 Å². The first-order chi connectivity index (χ1) is 24.1. The molecule has 0 amide bonds. The molecule has 270 valence electrons. The molecule has 10 atom stereocenters. The van der Waals surface area contributed by atoms with Crippen molar-refractivity contribution >= 4 is 15.9 Å². The number of rotatable bonds is 13. The van der Waals surface area contributed by atoms with Gasteiger partial charge < -0.3 is 47.4 Å². The molecule has 4 fully saturated rings. The summed E-state index contributed by atoms with van der Waals surface area (Å²) in [5.74, 6) is -1.63. The lowest BCUT2D eigenvalue weighted by molar-refractivity contribution is -0.292. The van der Waals surface area contributed by atoms with Crippen molar-refractivity contribution in [2.45, 2.75) is 119 Å². The molecule has 0 spiro atoms. The minimum absolute atomic E-state index is 0.152. The van der Waals surface area contributed by atoms with Gasteiger partial charge in [-0.1, -0.05) is 107 Å². The lowest BCUT2D eigenvalue weighted by atomic mass is 9.99. The fourth-order valence-electron chi connectivity index (χ4n) is 6.94. The minimum Gasteiger partial charge on any atom is -0.374 e. The summed E-state index contributed by atoms with van der Waals surface area (Å²) in [5.41, 5.74) is 3.17. The molecule has 50 heavy (non-hydrogen) atoms. The molecular weight excluding hydrogens is 708 g/mol. The van der Waals surface area contributed by atoms with Crippen molar-refractivity contribution in [3.63, 3.8) is 0 Å². The lowest BCUT2D eigenvalue weighted by Gasteiger charge is -2.45. The average molecular weight is 756 g/mol. The SMILES string of the molecule is CC1(C)O[C@H]2[C@@H](O1)[C@@H](CO[C@H]1O[C@H](COCc3ccccc3)[C@H](OCc3ccccc3)[C@H](OCc3ccccc3)[C@@H]1Br)O[C@@H]1OC(C)(C)O[C@@H]12. The van der Waals surface area contributed by atoms with Crippen molar-refractivity contribution < 1.29 is 47.4 Å². The number of halogens is 1. The molecule has 0 bridgehead atoms. The molecule has 4 heterocycles. The average Bonchev–Trinajstić information content (AvgIpc) is 3.61. The van der Waals surface area contributed by atoms with Gasteiger partial charge in [-0.05, 0) is 44.4 Å². The Kier molecular flexibility index (Phi) is 11.4. The van der Waals surface area contributed by atoms with Gasteiger partial charge in [0, 0.05) is 0 Å². The van der Waals surface area contributed by atoms with Crippen LogP contribution in [0.2, 0.25) is 0 Å². The summed E-state index contributed by atoms with van der Waals surface area (Å²) in [6.45, 7) is 9.13. The number of ether oxygens (including phenoxy) is 10. The molecule has 4 saturated heterocycles. The maximum Gasteiger partial charge on any atom is 0.190 e. The molecule has 0 N–H and O–H groups in total. The van der Waals surface area contributed by atoms with E-state index in [1.165, 1.54) is 0 Å². The van der Waals surface area contributed by atoms with Crippen LogP contribution in [0.4, 0.5) is 0 Å². The molecule has 10 nitrogen and oxygen atoms in total. The molecule has 7 rings (SSSR count). The molecule has 11 heteroatoms. The fraction of sp³-hybridized carbons (Fsp3) is 0.538. The molecule has 0 aliphatic carbocycles. The summed E-state index contributed by atoms with van der Waals surface area (Å²) in [4.78, 5) is -0.397. The highest BCUT2D eigenvalue weighted by Gasteiger charge is 2.61. The second-order valence-electron chi connectivity index (χ2n) is 14.1. The first kappa shape index (κ1) is 36.1. The zero-order chi connectivity index (χ0) is 34.7. The molecule has 0 unspecified atom stereocenters. The third kappa shape index (κ3) is 8.67. The van der Waals surface area contributed by atoms with E-state index in [4.69, 9.17) is 47.4 Å².